The summed E-state index contributed by atoms with van der Waals surface area (Å²) in [5.74, 6) is 0.857. The van der Waals surface area contributed by atoms with Crippen LogP contribution < -0.4 is 5.32 Å². The summed E-state index contributed by atoms with van der Waals surface area (Å²) in [5, 5.41) is 10.9. The molecule has 0 aliphatic carbocycles. The van der Waals surface area contributed by atoms with Crippen molar-refractivity contribution in [3.05, 3.63) is 69.7 Å². The minimum absolute atomic E-state index is 0.202. The summed E-state index contributed by atoms with van der Waals surface area (Å²) in [6, 6.07) is 13.3. The van der Waals surface area contributed by atoms with E-state index in [4.69, 9.17) is 11.6 Å². The number of aryl methyl sites for hydroxylation is 1. The smallest absolute Gasteiger partial charge is 0.258 e. The molecule has 0 fully saturated rings. The third-order valence-electron chi connectivity index (χ3n) is 3.83. The normalized spacial score (nSPS) is 10.7. The van der Waals surface area contributed by atoms with Crippen LogP contribution in [-0.2, 0) is 5.75 Å². The maximum absolute atomic E-state index is 12.4. The monoisotopic (exact) mass is 372 g/mol. The van der Waals surface area contributed by atoms with Crippen molar-refractivity contribution >= 4 is 35.2 Å². The number of aromatic nitrogens is 3. The molecule has 0 atom stereocenters. The summed E-state index contributed by atoms with van der Waals surface area (Å²) in [6.45, 7) is 3.91. The van der Waals surface area contributed by atoms with Gasteiger partial charge in [-0.25, -0.2) is 5.10 Å². The van der Waals surface area contributed by atoms with Gasteiger partial charge in [0.05, 0.1) is 0 Å². The van der Waals surface area contributed by atoms with Crippen LogP contribution in [0.2, 0.25) is 5.02 Å². The Kier molecular flexibility index (Phi) is 5.40. The number of thioether (sulfide) groups is 1. The standard InChI is InChI=1S/C18H17ClN4OS/c1-11-4-3-5-15(12(11)2)16(24)20-17-21-18(23-22-17)25-10-13-6-8-14(19)9-7-13/h3-9H,10H2,1-2H3,(H2,20,21,22,23,24). The minimum Gasteiger partial charge on any atom is -0.291 e. The fourth-order valence-corrected chi connectivity index (χ4v) is 3.15. The van der Waals surface area contributed by atoms with E-state index in [0.29, 0.717) is 21.7 Å². The van der Waals surface area contributed by atoms with Crippen LogP contribution >= 0.6 is 23.4 Å². The molecule has 1 amide bonds. The van der Waals surface area contributed by atoms with Gasteiger partial charge in [-0.15, -0.1) is 5.10 Å². The van der Waals surface area contributed by atoms with E-state index in [2.05, 4.69) is 20.5 Å². The zero-order valence-corrected chi connectivity index (χ0v) is 15.4. The molecule has 0 bridgehead atoms. The van der Waals surface area contributed by atoms with Crippen molar-refractivity contribution in [1.82, 2.24) is 15.2 Å². The van der Waals surface area contributed by atoms with Crippen LogP contribution in [-0.4, -0.2) is 21.1 Å². The number of hydrogen-bond acceptors (Lipinski definition) is 4. The summed E-state index contributed by atoms with van der Waals surface area (Å²) in [6.07, 6.45) is 0. The summed E-state index contributed by atoms with van der Waals surface area (Å²) in [7, 11) is 0. The minimum atomic E-state index is -0.202. The maximum atomic E-state index is 12.4. The number of benzene rings is 2. The molecule has 2 N–H and O–H groups in total. The molecular formula is C18H17ClN4OS. The molecule has 3 aromatic rings. The lowest BCUT2D eigenvalue weighted by atomic mass is 10.0. The summed E-state index contributed by atoms with van der Waals surface area (Å²) >= 11 is 7.36. The van der Waals surface area contributed by atoms with Gasteiger partial charge >= 0.3 is 0 Å². The largest absolute Gasteiger partial charge is 0.291 e. The van der Waals surface area contributed by atoms with E-state index in [9.17, 15) is 4.79 Å². The Labute approximate surface area is 155 Å². The Bertz CT molecular complexity index is 892. The van der Waals surface area contributed by atoms with E-state index in [1.165, 1.54) is 11.8 Å². The number of anilines is 1. The van der Waals surface area contributed by atoms with Gasteiger partial charge in [-0.1, -0.05) is 47.6 Å². The molecule has 0 aliphatic rings. The number of H-pyrrole nitrogens is 1. The lowest BCUT2D eigenvalue weighted by Gasteiger charge is -2.07. The Balaban J connectivity index is 1.62. The van der Waals surface area contributed by atoms with E-state index < -0.39 is 0 Å². The van der Waals surface area contributed by atoms with Crippen LogP contribution in [0, 0.1) is 13.8 Å². The molecule has 7 heteroatoms. The van der Waals surface area contributed by atoms with Crippen LogP contribution in [0.3, 0.4) is 0 Å². The van der Waals surface area contributed by atoms with Crippen molar-refractivity contribution in [2.24, 2.45) is 0 Å². The molecule has 0 aliphatic heterocycles. The first-order valence-corrected chi connectivity index (χ1v) is 9.06. The molecule has 0 saturated heterocycles. The third-order valence-corrected chi connectivity index (χ3v) is 5.00. The molecule has 0 unspecified atom stereocenters. The maximum Gasteiger partial charge on any atom is 0.258 e. The molecule has 1 aromatic heterocycles. The van der Waals surface area contributed by atoms with Gasteiger partial charge in [0.1, 0.15) is 0 Å². The molecule has 128 valence electrons. The van der Waals surface area contributed by atoms with E-state index in [1.54, 1.807) is 6.07 Å². The topological polar surface area (TPSA) is 70.7 Å². The van der Waals surface area contributed by atoms with Gasteiger partial charge < -0.3 is 0 Å². The number of amides is 1. The van der Waals surface area contributed by atoms with Crippen molar-refractivity contribution in [1.29, 1.82) is 0 Å². The second-order valence-corrected chi connectivity index (χ2v) is 6.96. The van der Waals surface area contributed by atoms with Gasteiger partial charge in [-0.3, -0.25) is 10.1 Å². The Morgan fingerprint density at radius 2 is 1.96 bits per heavy atom. The number of halogens is 1. The van der Waals surface area contributed by atoms with E-state index in [1.807, 2.05) is 50.2 Å². The van der Waals surface area contributed by atoms with Crippen molar-refractivity contribution in [3.8, 4) is 0 Å². The van der Waals surface area contributed by atoms with Crippen molar-refractivity contribution in [2.75, 3.05) is 5.32 Å². The van der Waals surface area contributed by atoms with Gasteiger partial charge in [-0.2, -0.15) is 4.98 Å². The van der Waals surface area contributed by atoms with Gasteiger partial charge in [0.15, 0.2) is 0 Å². The second-order valence-electron chi connectivity index (χ2n) is 5.58. The molecule has 2 aromatic carbocycles. The molecule has 3 rings (SSSR count). The Morgan fingerprint density at radius 3 is 2.72 bits per heavy atom. The van der Waals surface area contributed by atoms with Gasteiger partial charge in [0.2, 0.25) is 11.1 Å². The zero-order chi connectivity index (χ0) is 17.8. The average molecular weight is 373 g/mol. The van der Waals surface area contributed by atoms with Crippen molar-refractivity contribution in [2.45, 2.75) is 24.8 Å². The number of hydrogen-bond donors (Lipinski definition) is 2. The highest BCUT2D eigenvalue weighted by Crippen LogP contribution is 2.21. The molecule has 25 heavy (non-hydrogen) atoms. The van der Waals surface area contributed by atoms with Gasteiger partial charge in [-0.05, 0) is 48.7 Å². The summed E-state index contributed by atoms with van der Waals surface area (Å²) in [4.78, 5) is 16.7. The number of carbonyl (C=O) groups is 1. The lowest BCUT2D eigenvalue weighted by Crippen LogP contribution is -2.14. The van der Waals surface area contributed by atoms with Gasteiger partial charge in [0.25, 0.3) is 5.91 Å². The predicted octanol–water partition coefficient (Wildman–Crippen LogP) is 4.62. The SMILES string of the molecule is Cc1cccc(C(=O)Nc2nc(SCc3ccc(Cl)cc3)n[nH]2)c1C. The number of rotatable bonds is 5. The van der Waals surface area contributed by atoms with Crippen molar-refractivity contribution in [3.63, 3.8) is 0 Å². The van der Waals surface area contributed by atoms with E-state index in [0.717, 1.165) is 22.4 Å². The molecule has 5 nitrogen and oxygen atoms in total. The molecule has 0 radical (unpaired) electrons. The fourth-order valence-electron chi connectivity index (χ4n) is 2.27. The summed E-state index contributed by atoms with van der Waals surface area (Å²) < 4.78 is 0. The first-order valence-electron chi connectivity index (χ1n) is 7.70. The number of carbonyl (C=O) groups excluding carboxylic acids is 1. The quantitative estimate of drug-likeness (QED) is 0.641. The first kappa shape index (κ1) is 17.5. The van der Waals surface area contributed by atoms with Crippen LogP contribution in [0.5, 0.6) is 0 Å². The number of nitrogens with one attached hydrogen (secondary N) is 2. The predicted molar refractivity (Wildman–Crippen MR) is 101 cm³/mol. The van der Waals surface area contributed by atoms with E-state index in [-0.39, 0.29) is 5.91 Å². The molecule has 0 spiro atoms. The van der Waals surface area contributed by atoms with E-state index >= 15 is 0 Å². The fraction of sp³-hybridized carbons (Fsp3) is 0.167. The third kappa shape index (κ3) is 4.41. The van der Waals surface area contributed by atoms with Crippen LogP contribution in [0.15, 0.2) is 47.6 Å². The summed E-state index contributed by atoms with van der Waals surface area (Å²) in [5.41, 5.74) is 3.79. The van der Waals surface area contributed by atoms with Gasteiger partial charge in [0, 0.05) is 16.3 Å². The Hall–Kier alpha value is -2.31. The van der Waals surface area contributed by atoms with Crippen molar-refractivity contribution < 1.29 is 4.79 Å². The van der Waals surface area contributed by atoms with Crippen LogP contribution in [0.1, 0.15) is 27.0 Å². The number of aromatic amines is 1. The highest BCUT2D eigenvalue weighted by atomic mass is 35.5. The molecule has 1 heterocycles. The number of nitrogens with zero attached hydrogens (tertiary/aromatic N) is 2. The first-order chi connectivity index (χ1) is 12.0. The average Bonchev–Trinajstić information content (AvgIpc) is 3.04. The Morgan fingerprint density at radius 1 is 1.20 bits per heavy atom. The van der Waals surface area contributed by atoms with Crippen LogP contribution in [0.4, 0.5) is 5.95 Å². The van der Waals surface area contributed by atoms with Crippen LogP contribution in [0.25, 0.3) is 0 Å². The zero-order valence-electron chi connectivity index (χ0n) is 13.8. The molecular weight excluding hydrogens is 356 g/mol. The molecule has 0 saturated carbocycles. The highest BCUT2D eigenvalue weighted by Gasteiger charge is 2.13. The highest BCUT2D eigenvalue weighted by molar-refractivity contribution is 7.98. The lowest BCUT2D eigenvalue weighted by molar-refractivity contribution is 0.102. The second kappa shape index (κ2) is 7.72.